The van der Waals surface area contributed by atoms with Crippen molar-refractivity contribution >= 4 is 5.91 Å². The van der Waals surface area contributed by atoms with Crippen molar-refractivity contribution in [2.24, 2.45) is 0 Å². The molecule has 0 aliphatic carbocycles. The highest BCUT2D eigenvalue weighted by Crippen LogP contribution is 2.24. The van der Waals surface area contributed by atoms with E-state index in [1.807, 2.05) is 25.1 Å². The van der Waals surface area contributed by atoms with E-state index >= 15 is 0 Å². The van der Waals surface area contributed by atoms with Gasteiger partial charge in [-0.15, -0.1) is 0 Å². The Bertz CT molecular complexity index is 419. The van der Waals surface area contributed by atoms with E-state index in [9.17, 15) is 4.79 Å². The summed E-state index contributed by atoms with van der Waals surface area (Å²) in [5.74, 6) is 0.693. The van der Waals surface area contributed by atoms with Crippen LogP contribution in [-0.2, 0) is 11.3 Å². The van der Waals surface area contributed by atoms with Crippen LogP contribution in [0.1, 0.15) is 31.4 Å². The van der Waals surface area contributed by atoms with Crippen molar-refractivity contribution in [2.45, 2.75) is 39.8 Å². The highest BCUT2D eigenvalue weighted by Gasteiger charge is 2.16. The molecule has 0 heterocycles. The summed E-state index contributed by atoms with van der Waals surface area (Å²) in [5.41, 5.74) is 2.13. The van der Waals surface area contributed by atoms with Gasteiger partial charge in [-0.3, -0.25) is 4.79 Å². The lowest BCUT2D eigenvalue weighted by Crippen LogP contribution is -2.34. The van der Waals surface area contributed by atoms with Gasteiger partial charge >= 0.3 is 0 Å². The minimum absolute atomic E-state index is 0.115. The number of rotatable bonds is 7. The van der Waals surface area contributed by atoms with E-state index in [1.54, 1.807) is 14.0 Å². The first-order valence-electron chi connectivity index (χ1n) is 6.77. The van der Waals surface area contributed by atoms with E-state index in [2.05, 4.69) is 17.6 Å². The van der Waals surface area contributed by atoms with Gasteiger partial charge in [-0.1, -0.05) is 25.1 Å². The van der Waals surface area contributed by atoms with Gasteiger partial charge in [0.1, 0.15) is 5.75 Å². The topological polar surface area (TPSA) is 50.4 Å². The molecule has 106 valence electrons. The van der Waals surface area contributed by atoms with Gasteiger partial charge in [-0.25, -0.2) is 0 Å². The Morgan fingerprint density at radius 2 is 2.16 bits per heavy atom. The molecule has 0 aliphatic heterocycles. The third-order valence-electron chi connectivity index (χ3n) is 2.95. The summed E-state index contributed by atoms with van der Waals surface area (Å²) < 4.78 is 5.81. The lowest BCUT2D eigenvalue weighted by atomic mass is 10.1. The van der Waals surface area contributed by atoms with E-state index in [1.165, 1.54) is 0 Å². The molecule has 0 radical (unpaired) electrons. The number of likely N-dealkylation sites (N-methyl/N-ethyl adjacent to an activating group) is 1. The molecule has 0 fully saturated rings. The number of aryl methyl sites for hydroxylation is 1. The van der Waals surface area contributed by atoms with Crippen LogP contribution in [0, 0.1) is 6.92 Å². The predicted molar refractivity (Wildman–Crippen MR) is 77.3 cm³/mol. The number of benzene rings is 1. The summed E-state index contributed by atoms with van der Waals surface area (Å²) in [7, 11) is 1.61. The second-order valence-electron chi connectivity index (χ2n) is 4.61. The Kier molecular flexibility index (Phi) is 6.36. The zero-order valence-corrected chi connectivity index (χ0v) is 12.2. The largest absolute Gasteiger partial charge is 0.480 e. The zero-order valence-electron chi connectivity index (χ0n) is 12.2. The molecule has 1 aromatic rings. The molecule has 0 aliphatic rings. The van der Waals surface area contributed by atoms with E-state index < -0.39 is 6.10 Å². The lowest BCUT2D eigenvalue weighted by Gasteiger charge is -2.18. The Morgan fingerprint density at radius 1 is 1.42 bits per heavy atom. The smallest absolute Gasteiger partial charge is 0.260 e. The summed E-state index contributed by atoms with van der Waals surface area (Å²) >= 11 is 0. The maximum absolute atomic E-state index is 11.5. The number of hydrogen-bond acceptors (Lipinski definition) is 3. The fourth-order valence-corrected chi connectivity index (χ4v) is 1.85. The average molecular weight is 264 g/mol. The van der Waals surface area contributed by atoms with Crippen LogP contribution >= 0.6 is 0 Å². The lowest BCUT2D eigenvalue weighted by molar-refractivity contribution is -0.126. The molecule has 1 amide bonds. The molecule has 19 heavy (non-hydrogen) atoms. The molecule has 1 unspecified atom stereocenters. The van der Waals surface area contributed by atoms with E-state index in [4.69, 9.17) is 4.74 Å². The van der Waals surface area contributed by atoms with Gasteiger partial charge in [0.25, 0.3) is 5.91 Å². The molecule has 0 saturated heterocycles. The summed E-state index contributed by atoms with van der Waals surface area (Å²) in [6.45, 7) is 7.61. The van der Waals surface area contributed by atoms with Crippen molar-refractivity contribution in [2.75, 3.05) is 13.6 Å². The molecule has 4 nitrogen and oxygen atoms in total. The van der Waals surface area contributed by atoms with Crippen molar-refractivity contribution in [3.05, 3.63) is 29.3 Å². The van der Waals surface area contributed by atoms with Gasteiger partial charge in [0, 0.05) is 19.2 Å². The number of para-hydroxylation sites is 1. The fraction of sp³-hybridized carbons (Fsp3) is 0.533. The standard InChI is InChI=1S/C15H24N2O2/c1-5-9-17-10-13-8-6-7-11(2)14(13)19-12(3)15(18)16-4/h6-8,12,17H,5,9-10H2,1-4H3,(H,16,18). The average Bonchev–Trinajstić information content (AvgIpc) is 2.41. The maximum atomic E-state index is 11.5. The number of hydrogen-bond donors (Lipinski definition) is 2. The third-order valence-corrected chi connectivity index (χ3v) is 2.95. The van der Waals surface area contributed by atoms with Crippen LogP contribution in [0.2, 0.25) is 0 Å². The van der Waals surface area contributed by atoms with E-state index in [0.717, 1.165) is 36.4 Å². The van der Waals surface area contributed by atoms with Crippen LogP contribution in [0.3, 0.4) is 0 Å². The van der Waals surface area contributed by atoms with Crippen molar-refractivity contribution in [3.8, 4) is 5.75 Å². The van der Waals surface area contributed by atoms with Gasteiger partial charge < -0.3 is 15.4 Å². The molecule has 1 aromatic carbocycles. The predicted octanol–water partition coefficient (Wildman–Crippen LogP) is 2.01. The summed E-state index contributed by atoms with van der Waals surface area (Å²) in [4.78, 5) is 11.5. The first-order chi connectivity index (χ1) is 9.10. The summed E-state index contributed by atoms with van der Waals surface area (Å²) in [6.07, 6.45) is 0.604. The van der Waals surface area contributed by atoms with Crippen LogP contribution in [0.5, 0.6) is 5.75 Å². The molecule has 4 heteroatoms. The Balaban J connectivity index is 2.82. The molecular formula is C15H24N2O2. The molecule has 1 atom stereocenters. The zero-order chi connectivity index (χ0) is 14.3. The van der Waals surface area contributed by atoms with Crippen LogP contribution in [0.4, 0.5) is 0 Å². The Morgan fingerprint density at radius 3 is 2.79 bits per heavy atom. The molecular weight excluding hydrogens is 240 g/mol. The highest BCUT2D eigenvalue weighted by atomic mass is 16.5. The summed E-state index contributed by atoms with van der Waals surface area (Å²) in [6, 6.07) is 6.03. The second-order valence-corrected chi connectivity index (χ2v) is 4.61. The van der Waals surface area contributed by atoms with Crippen LogP contribution in [-0.4, -0.2) is 25.6 Å². The molecule has 0 aromatic heterocycles. The number of ether oxygens (including phenoxy) is 1. The first-order valence-corrected chi connectivity index (χ1v) is 6.77. The minimum atomic E-state index is -0.490. The second kappa shape index (κ2) is 7.79. The monoisotopic (exact) mass is 264 g/mol. The van der Waals surface area contributed by atoms with Gasteiger partial charge in [0.05, 0.1) is 0 Å². The summed E-state index contributed by atoms with van der Waals surface area (Å²) in [5, 5.41) is 5.95. The Hall–Kier alpha value is -1.55. The molecule has 0 bridgehead atoms. The third kappa shape index (κ3) is 4.56. The molecule has 0 saturated carbocycles. The normalized spacial score (nSPS) is 12.0. The Labute approximate surface area is 115 Å². The maximum Gasteiger partial charge on any atom is 0.260 e. The van der Waals surface area contributed by atoms with Gasteiger partial charge in [0.2, 0.25) is 0 Å². The van der Waals surface area contributed by atoms with Crippen molar-refractivity contribution in [1.82, 2.24) is 10.6 Å². The van der Waals surface area contributed by atoms with Crippen LogP contribution < -0.4 is 15.4 Å². The quantitative estimate of drug-likeness (QED) is 0.741. The van der Waals surface area contributed by atoms with Gasteiger partial charge in [-0.2, -0.15) is 0 Å². The van der Waals surface area contributed by atoms with Crippen molar-refractivity contribution < 1.29 is 9.53 Å². The van der Waals surface area contributed by atoms with Gasteiger partial charge in [0.15, 0.2) is 6.10 Å². The van der Waals surface area contributed by atoms with Crippen LogP contribution in [0.15, 0.2) is 18.2 Å². The van der Waals surface area contributed by atoms with E-state index in [0.29, 0.717) is 0 Å². The number of amides is 1. The molecule has 0 spiro atoms. The van der Waals surface area contributed by atoms with Crippen LogP contribution in [0.25, 0.3) is 0 Å². The number of nitrogens with one attached hydrogen (secondary N) is 2. The molecule has 1 rings (SSSR count). The minimum Gasteiger partial charge on any atom is -0.480 e. The van der Waals surface area contributed by atoms with Gasteiger partial charge in [-0.05, 0) is 32.4 Å². The van der Waals surface area contributed by atoms with Crippen molar-refractivity contribution in [3.63, 3.8) is 0 Å². The van der Waals surface area contributed by atoms with Crippen molar-refractivity contribution in [1.29, 1.82) is 0 Å². The first kappa shape index (κ1) is 15.5. The number of carbonyl (C=O) groups is 1. The highest BCUT2D eigenvalue weighted by molar-refractivity contribution is 5.80. The van der Waals surface area contributed by atoms with E-state index in [-0.39, 0.29) is 5.91 Å². The fourth-order valence-electron chi connectivity index (χ4n) is 1.85. The SMILES string of the molecule is CCCNCc1cccc(C)c1OC(C)C(=O)NC. The number of carbonyl (C=O) groups excluding carboxylic acids is 1. The molecule has 2 N–H and O–H groups in total.